The van der Waals surface area contributed by atoms with Crippen LogP contribution in [0.4, 0.5) is 0 Å². The minimum absolute atomic E-state index is 0.0460. The van der Waals surface area contributed by atoms with Gasteiger partial charge in [0.05, 0.1) is 6.61 Å². The maximum Gasteiger partial charge on any atom is 0.306 e. The average Bonchev–Trinajstić information content (AvgIpc) is 3.32. The number of ether oxygens (including phenoxy) is 3. The number of esters is 2. The Morgan fingerprint density at radius 3 is 1.12 bits per heavy atom. The molecule has 0 saturated heterocycles. The Morgan fingerprint density at radius 1 is 0.348 bits per heavy atom. The summed E-state index contributed by atoms with van der Waals surface area (Å²) in [5, 5.41) is 0. The lowest BCUT2D eigenvalue weighted by Gasteiger charge is -2.18. The van der Waals surface area contributed by atoms with E-state index in [0.29, 0.717) is 19.4 Å². The van der Waals surface area contributed by atoms with E-state index in [1.54, 1.807) is 0 Å². The second-order valence-corrected chi connectivity index (χ2v) is 17.4. The minimum Gasteiger partial charge on any atom is -0.462 e. The van der Waals surface area contributed by atoms with E-state index in [2.05, 4.69) is 142 Å². The summed E-state index contributed by atoms with van der Waals surface area (Å²) in [6, 6.07) is 0. The van der Waals surface area contributed by atoms with Crippen LogP contribution in [0.5, 0.6) is 0 Å². The zero-order chi connectivity index (χ0) is 47.7. The molecule has 5 heteroatoms. The lowest BCUT2D eigenvalue weighted by molar-refractivity contribution is -0.163. The van der Waals surface area contributed by atoms with Crippen molar-refractivity contribution in [2.75, 3.05) is 19.8 Å². The SMILES string of the molecule is CC/C=C\C/C=C\C/C=C\C/C=C\CCCCCOCC(COC(=O)CCCCCCCCCCC/C=C\C/C=C\CCCCC)OC(=O)CCCC/C=C\C/C=C\C/C=C\C/C=C\CC. The van der Waals surface area contributed by atoms with Gasteiger partial charge in [0.2, 0.25) is 0 Å². The number of carbonyl (C=O) groups excluding carboxylic acids is 2. The van der Waals surface area contributed by atoms with Gasteiger partial charge in [0.15, 0.2) is 6.10 Å². The van der Waals surface area contributed by atoms with Crippen molar-refractivity contribution >= 4 is 11.9 Å². The second kappa shape index (κ2) is 55.6. The molecular formula is C61H100O5. The van der Waals surface area contributed by atoms with Crippen LogP contribution in [0.15, 0.2) is 122 Å². The molecule has 374 valence electrons. The first-order valence-corrected chi connectivity index (χ1v) is 27.1. The van der Waals surface area contributed by atoms with Crippen LogP contribution < -0.4 is 0 Å². The molecule has 0 bridgehead atoms. The molecule has 0 aliphatic carbocycles. The Kier molecular flexibility index (Phi) is 52.5. The van der Waals surface area contributed by atoms with Gasteiger partial charge in [-0.15, -0.1) is 0 Å². The van der Waals surface area contributed by atoms with Gasteiger partial charge in [-0.3, -0.25) is 9.59 Å². The Labute approximate surface area is 407 Å². The Hall–Kier alpha value is -3.70. The van der Waals surface area contributed by atoms with Crippen LogP contribution in [0.2, 0.25) is 0 Å². The Bertz CT molecular complexity index is 1350. The molecule has 0 aromatic carbocycles. The van der Waals surface area contributed by atoms with Gasteiger partial charge in [-0.1, -0.05) is 206 Å². The van der Waals surface area contributed by atoms with Gasteiger partial charge in [0.1, 0.15) is 6.61 Å². The predicted molar refractivity (Wildman–Crippen MR) is 288 cm³/mol. The topological polar surface area (TPSA) is 61.8 Å². The van der Waals surface area contributed by atoms with Gasteiger partial charge in [-0.05, 0) is 128 Å². The van der Waals surface area contributed by atoms with Crippen molar-refractivity contribution in [3.63, 3.8) is 0 Å². The van der Waals surface area contributed by atoms with Crippen LogP contribution in [0.3, 0.4) is 0 Å². The van der Waals surface area contributed by atoms with Crippen LogP contribution in [0.25, 0.3) is 0 Å². The Balaban J connectivity index is 4.40. The molecule has 0 fully saturated rings. The van der Waals surface area contributed by atoms with Crippen molar-refractivity contribution in [3.8, 4) is 0 Å². The summed E-state index contributed by atoms with van der Waals surface area (Å²) < 4.78 is 17.4. The summed E-state index contributed by atoms with van der Waals surface area (Å²) >= 11 is 0. The fraction of sp³-hybridized carbons (Fsp3) is 0.639. The van der Waals surface area contributed by atoms with E-state index in [-0.39, 0.29) is 25.2 Å². The standard InChI is InChI=1S/C61H100O5/c1-4-7-10-13-16-19-22-25-28-30-31-32-34-36-39-42-45-48-51-54-60(62)65-58-59(57-64-56-53-50-47-44-41-38-35-29-26-23-20-17-14-11-8-5-2)66-61(63)55-52-49-46-43-40-37-33-27-24-21-18-15-12-9-6-3/h8-9,11-12,16-21,25-29,33,38,40-41,43,59H,4-7,10,13-15,22-24,30-32,34-37,39,42,44-58H2,1-3H3/b11-8-,12-9-,19-16-,20-17-,21-18-,28-25-,29-26-,33-27-,41-38-,43-40-. The Morgan fingerprint density at radius 2 is 0.682 bits per heavy atom. The molecule has 0 heterocycles. The number of allylic oxidation sites excluding steroid dienone is 20. The molecule has 0 aromatic heterocycles. The highest BCUT2D eigenvalue weighted by atomic mass is 16.6. The molecule has 5 nitrogen and oxygen atoms in total. The van der Waals surface area contributed by atoms with E-state index >= 15 is 0 Å². The largest absolute Gasteiger partial charge is 0.462 e. The van der Waals surface area contributed by atoms with Crippen LogP contribution in [-0.2, 0) is 23.8 Å². The first kappa shape index (κ1) is 62.3. The fourth-order valence-electron chi connectivity index (χ4n) is 6.99. The van der Waals surface area contributed by atoms with Crippen molar-refractivity contribution in [2.45, 2.75) is 232 Å². The number of hydrogen-bond acceptors (Lipinski definition) is 5. The molecule has 0 saturated carbocycles. The number of rotatable bonds is 48. The highest BCUT2D eigenvalue weighted by Crippen LogP contribution is 2.13. The summed E-state index contributed by atoms with van der Waals surface area (Å²) in [5.74, 6) is -0.474. The second-order valence-electron chi connectivity index (χ2n) is 17.4. The van der Waals surface area contributed by atoms with Crippen LogP contribution in [-0.4, -0.2) is 37.9 Å². The molecule has 0 spiro atoms. The van der Waals surface area contributed by atoms with E-state index in [9.17, 15) is 9.59 Å². The third-order valence-corrected chi connectivity index (χ3v) is 11.0. The molecule has 0 rings (SSSR count). The lowest BCUT2D eigenvalue weighted by Crippen LogP contribution is -2.30. The molecule has 0 aromatic rings. The van der Waals surface area contributed by atoms with Gasteiger partial charge >= 0.3 is 11.9 Å². The molecule has 0 radical (unpaired) electrons. The predicted octanol–water partition coefficient (Wildman–Crippen LogP) is 18.6. The van der Waals surface area contributed by atoms with Crippen molar-refractivity contribution in [3.05, 3.63) is 122 Å². The van der Waals surface area contributed by atoms with E-state index in [1.807, 2.05) is 0 Å². The third-order valence-electron chi connectivity index (χ3n) is 11.0. The van der Waals surface area contributed by atoms with Crippen molar-refractivity contribution in [1.29, 1.82) is 0 Å². The van der Waals surface area contributed by atoms with E-state index in [1.165, 1.54) is 70.6 Å². The van der Waals surface area contributed by atoms with Gasteiger partial charge < -0.3 is 14.2 Å². The first-order chi connectivity index (χ1) is 32.6. The molecule has 1 unspecified atom stereocenters. The molecule has 1 atom stereocenters. The van der Waals surface area contributed by atoms with E-state index in [0.717, 1.165) is 122 Å². The van der Waals surface area contributed by atoms with Crippen molar-refractivity contribution in [1.82, 2.24) is 0 Å². The van der Waals surface area contributed by atoms with Crippen LogP contribution in [0, 0.1) is 0 Å². The van der Waals surface area contributed by atoms with Crippen molar-refractivity contribution < 1.29 is 23.8 Å². The summed E-state index contributed by atoms with van der Waals surface area (Å²) in [6.07, 6.45) is 77.9. The summed E-state index contributed by atoms with van der Waals surface area (Å²) in [6.45, 7) is 7.45. The number of unbranched alkanes of at least 4 members (excludes halogenated alkanes) is 17. The minimum atomic E-state index is -0.585. The maximum atomic E-state index is 12.8. The molecule has 0 N–H and O–H groups in total. The molecule has 0 aliphatic rings. The number of hydrogen-bond donors (Lipinski definition) is 0. The van der Waals surface area contributed by atoms with Gasteiger partial charge in [0, 0.05) is 19.4 Å². The number of carbonyl (C=O) groups is 2. The highest BCUT2D eigenvalue weighted by molar-refractivity contribution is 5.70. The zero-order valence-corrected chi connectivity index (χ0v) is 42.9. The smallest absolute Gasteiger partial charge is 0.306 e. The van der Waals surface area contributed by atoms with Crippen LogP contribution >= 0.6 is 0 Å². The lowest BCUT2D eigenvalue weighted by atomic mass is 10.1. The average molecular weight is 913 g/mol. The zero-order valence-electron chi connectivity index (χ0n) is 42.9. The molecule has 0 aliphatic heterocycles. The molecule has 0 amide bonds. The van der Waals surface area contributed by atoms with Crippen LogP contribution in [0.1, 0.15) is 226 Å². The van der Waals surface area contributed by atoms with Gasteiger partial charge in [0.25, 0.3) is 0 Å². The molecule has 66 heavy (non-hydrogen) atoms. The van der Waals surface area contributed by atoms with Gasteiger partial charge in [-0.2, -0.15) is 0 Å². The van der Waals surface area contributed by atoms with E-state index in [4.69, 9.17) is 14.2 Å². The van der Waals surface area contributed by atoms with Gasteiger partial charge in [-0.25, -0.2) is 0 Å². The summed E-state index contributed by atoms with van der Waals surface area (Å²) in [5.41, 5.74) is 0. The fourth-order valence-corrected chi connectivity index (χ4v) is 6.99. The van der Waals surface area contributed by atoms with E-state index < -0.39 is 6.10 Å². The third kappa shape index (κ3) is 52.9. The maximum absolute atomic E-state index is 12.8. The van der Waals surface area contributed by atoms with Crippen molar-refractivity contribution in [2.24, 2.45) is 0 Å². The summed E-state index contributed by atoms with van der Waals surface area (Å²) in [7, 11) is 0. The normalized spacial score (nSPS) is 13.2. The highest BCUT2D eigenvalue weighted by Gasteiger charge is 2.17. The monoisotopic (exact) mass is 913 g/mol. The molecular weight excluding hydrogens is 813 g/mol. The first-order valence-electron chi connectivity index (χ1n) is 27.1. The quantitative estimate of drug-likeness (QED) is 0.0346. The summed E-state index contributed by atoms with van der Waals surface area (Å²) in [4.78, 5) is 25.5.